The van der Waals surface area contributed by atoms with Crippen LogP contribution in [0.5, 0.6) is 5.75 Å². The average Bonchev–Trinajstić information content (AvgIpc) is 2.78. The molecule has 0 fully saturated rings. The Morgan fingerprint density at radius 3 is 2.50 bits per heavy atom. The highest BCUT2D eigenvalue weighted by Crippen LogP contribution is 2.35. The first kappa shape index (κ1) is 25.4. The molecule has 2 N–H and O–H groups in total. The van der Waals surface area contributed by atoms with Crippen LogP contribution in [0.4, 0.5) is 4.79 Å². The zero-order valence-electron chi connectivity index (χ0n) is 19.6. The maximum Gasteiger partial charge on any atom is 0.408 e. The summed E-state index contributed by atoms with van der Waals surface area (Å²) >= 11 is 5.94. The van der Waals surface area contributed by atoms with Crippen LogP contribution in [0, 0.1) is 0 Å². The van der Waals surface area contributed by atoms with E-state index >= 15 is 0 Å². The first-order valence-electron chi connectivity index (χ1n) is 11.0. The van der Waals surface area contributed by atoms with Crippen molar-refractivity contribution in [1.82, 2.24) is 10.6 Å². The Bertz CT molecular complexity index is 1050. The van der Waals surface area contributed by atoms with Gasteiger partial charge < -0.3 is 24.8 Å². The summed E-state index contributed by atoms with van der Waals surface area (Å²) in [7, 11) is 1.27. The van der Waals surface area contributed by atoms with Gasteiger partial charge in [0.25, 0.3) is 5.91 Å². The highest BCUT2D eigenvalue weighted by molar-refractivity contribution is 6.30. The second-order valence-electron chi connectivity index (χ2n) is 8.94. The quantitative estimate of drug-likeness (QED) is 0.591. The maximum atomic E-state index is 13.2. The maximum absolute atomic E-state index is 13.2. The standard InChI is InChI=1S/C25H29ClN2O6/c1-25(2,3)34-24(31)28-19-12-13-33-21-17(19)6-5-7-18(21)22(29)27-20(23(30)32-4)14-15-8-10-16(26)11-9-15/h5-11,19-20H,12-14H2,1-4H3,(H,27,29)(H,28,31)/t19-,20-/m0/s1. The first-order chi connectivity index (χ1) is 16.1. The molecule has 2 aromatic carbocycles. The number of rotatable bonds is 6. The number of ether oxygens (including phenoxy) is 3. The lowest BCUT2D eigenvalue weighted by molar-refractivity contribution is -0.142. The molecule has 0 spiro atoms. The molecule has 0 saturated carbocycles. The summed E-state index contributed by atoms with van der Waals surface area (Å²) < 4.78 is 16.0. The lowest BCUT2D eigenvalue weighted by atomic mass is 9.97. The predicted molar refractivity (Wildman–Crippen MR) is 127 cm³/mol. The normalized spacial score (nSPS) is 15.9. The molecule has 2 aromatic rings. The number of fused-ring (bicyclic) bond motifs is 1. The van der Waals surface area contributed by atoms with Crippen LogP contribution < -0.4 is 15.4 Å². The number of methoxy groups -OCH3 is 1. The molecule has 0 aromatic heterocycles. The van der Waals surface area contributed by atoms with Gasteiger partial charge in [-0.3, -0.25) is 4.79 Å². The van der Waals surface area contributed by atoms with Gasteiger partial charge in [0.1, 0.15) is 17.4 Å². The number of carbonyl (C=O) groups excluding carboxylic acids is 3. The van der Waals surface area contributed by atoms with Crippen molar-refractivity contribution in [2.75, 3.05) is 13.7 Å². The van der Waals surface area contributed by atoms with Crippen LogP contribution in [0.2, 0.25) is 5.02 Å². The Morgan fingerprint density at radius 1 is 1.15 bits per heavy atom. The molecule has 0 bridgehead atoms. The molecule has 1 heterocycles. The van der Waals surface area contributed by atoms with Gasteiger partial charge in [0.15, 0.2) is 0 Å². The lowest BCUT2D eigenvalue weighted by Crippen LogP contribution is -2.43. The van der Waals surface area contributed by atoms with E-state index in [2.05, 4.69) is 10.6 Å². The molecule has 8 nitrogen and oxygen atoms in total. The van der Waals surface area contributed by atoms with Gasteiger partial charge in [-0.2, -0.15) is 0 Å². The molecule has 0 radical (unpaired) electrons. The van der Waals surface area contributed by atoms with E-state index in [-0.39, 0.29) is 18.0 Å². The molecule has 9 heteroatoms. The lowest BCUT2D eigenvalue weighted by Gasteiger charge is -2.29. The summed E-state index contributed by atoms with van der Waals surface area (Å²) in [5.74, 6) is -0.694. The minimum Gasteiger partial charge on any atom is -0.492 e. The molecular formula is C25H29ClN2O6. The third kappa shape index (κ3) is 6.63. The third-order valence-electron chi connectivity index (χ3n) is 5.15. The minimum atomic E-state index is -0.909. The van der Waals surface area contributed by atoms with Crippen molar-refractivity contribution in [2.24, 2.45) is 0 Å². The number of amides is 2. The van der Waals surface area contributed by atoms with E-state index in [9.17, 15) is 14.4 Å². The van der Waals surface area contributed by atoms with E-state index in [0.717, 1.165) is 5.56 Å². The molecule has 0 saturated heterocycles. The fraction of sp³-hybridized carbons (Fsp3) is 0.400. The van der Waals surface area contributed by atoms with Crippen molar-refractivity contribution in [3.05, 3.63) is 64.2 Å². The summed E-state index contributed by atoms with van der Waals surface area (Å²) in [6, 6.07) is 10.8. The monoisotopic (exact) mass is 488 g/mol. The number of para-hydroxylation sites is 1. The Hall–Kier alpha value is -3.26. The second kappa shape index (κ2) is 10.8. The number of nitrogens with one attached hydrogen (secondary N) is 2. The fourth-order valence-corrected chi connectivity index (χ4v) is 3.76. The van der Waals surface area contributed by atoms with Crippen molar-refractivity contribution in [2.45, 2.75) is 51.3 Å². The van der Waals surface area contributed by atoms with Crippen LogP contribution in [0.1, 0.15) is 54.7 Å². The molecule has 1 aliphatic rings. The van der Waals surface area contributed by atoms with Gasteiger partial charge in [-0.05, 0) is 44.5 Å². The van der Waals surface area contributed by atoms with Crippen LogP contribution in [0.15, 0.2) is 42.5 Å². The van der Waals surface area contributed by atoms with Gasteiger partial charge in [0.2, 0.25) is 0 Å². The SMILES string of the molecule is COC(=O)[C@H](Cc1ccc(Cl)cc1)NC(=O)c1cccc2c1OCC[C@@H]2NC(=O)OC(C)(C)C. The summed E-state index contributed by atoms with van der Waals surface area (Å²) in [6.45, 7) is 5.67. The van der Waals surface area contributed by atoms with Crippen molar-refractivity contribution < 1.29 is 28.6 Å². The second-order valence-corrected chi connectivity index (χ2v) is 9.38. The predicted octanol–water partition coefficient (Wildman–Crippen LogP) is 4.20. The molecule has 2 atom stereocenters. The Balaban J connectivity index is 1.79. The number of hydrogen-bond donors (Lipinski definition) is 2. The van der Waals surface area contributed by atoms with E-state index in [1.807, 2.05) is 0 Å². The number of esters is 1. The summed E-state index contributed by atoms with van der Waals surface area (Å²) in [5.41, 5.74) is 1.11. The number of benzene rings is 2. The topological polar surface area (TPSA) is 103 Å². The van der Waals surface area contributed by atoms with Gasteiger partial charge in [-0.15, -0.1) is 0 Å². The minimum absolute atomic E-state index is 0.230. The van der Waals surface area contributed by atoms with Gasteiger partial charge in [-0.1, -0.05) is 35.9 Å². The smallest absolute Gasteiger partial charge is 0.408 e. The van der Waals surface area contributed by atoms with Crippen LogP contribution >= 0.6 is 11.6 Å². The molecule has 0 unspecified atom stereocenters. The van der Waals surface area contributed by atoms with Crippen molar-refractivity contribution in [3.8, 4) is 5.75 Å². The fourth-order valence-electron chi connectivity index (χ4n) is 3.63. The van der Waals surface area contributed by atoms with Gasteiger partial charge in [0.05, 0.1) is 25.3 Å². The summed E-state index contributed by atoms with van der Waals surface area (Å²) in [5, 5.41) is 6.16. The summed E-state index contributed by atoms with van der Waals surface area (Å²) in [4.78, 5) is 37.8. The number of carbonyl (C=O) groups is 3. The van der Waals surface area contributed by atoms with Crippen molar-refractivity contribution in [1.29, 1.82) is 0 Å². The van der Waals surface area contributed by atoms with E-state index in [0.29, 0.717) is 29.4 Å². The Kier molecular flexibility index (Phi) is 8.04. The van der Waals surface area contributed by atoms with Crippen LogP contribution in [0.25, 0.3) is 0 Å². The number of alkyl carbamates (subject to hydrolysis) is 1. The van der Waals surface area contributed by atoms with Crippen LogP contribution in [-0.4, -0.2) is 43.3 Å². The van der Waals surface area contributed by atoms with Crippen molar-refractivity contribution in [3.63, 3.8) is 0 Å². The zero-order valence-corrected chi connectivity index (χ0v) is 20.4. The zero-order chi connectivity index (χ0) is 24.9. The largest absolute Gasteiger partial charge is 0.492 e. The van der Waals surface area contributed by atoms with Gasteiger partial charge in [0, 0.05) is 23.4 Å². The molecule has 34 heavy (non-hydrogen) atoms. The van der Waals surface area contributed by atoms with Gasteiger partial charge in [-0.25, -0.2) is 9.59 Å². The number of halogens is 1. The molecule has 182 valence electrons. The molecule has 0 aliphatic carbocycles. The van der Waals surface area contributed by atoms with E-state index in [1.54, 1.807) is 63.2 Å². The van der Waals surface area contributed by atoms with Gasteiger partial charge >= 0.3 is 12.1 Å². The highest BCUT2D eigenvalue weighted by atomic mass is 35.5. The molecule has 1 aliphatic heterocycles. The summed E-state index contributed by atoms with van der Waals surface area (Å²) in [6.07, 6.45) is 0.210. The Morgan fingerprint density at radius 2 is 1.85 bits per heavy atom. The molecule has 2 amide bonds. The molecule has 3 rings (SSSR count). The Labute approximate surface area is 203 Å². The number of hydrogen-bond acceptors (Lipinski definition) is 6. The highest BCUT2D eigenvalue weighted by Gasteiger charge is 2.30. The van der Waals surface area contributed by atoms with Crippen LogP contribution in [0.3, 0.4) is 0 Å². The average molecular weight is 489 g/mol. The van der Waals surface area contributed by atoms with E-state index < -0.39 is 29.6 Å². The van der Waals surface area contributed by atoms with E-state index in [4.69, 9.17) is 25.8 Å². The first-order valence-corrected chi connectivity index (χ1v) is 11.3. The van der Waals surface area contributed by atoms with Crippen LogP contribution in [-0.2, 0) is 20.7 Å². The van der Waals surface area contributed by atoms with Crippen molar-refractivity contribution >= 4 is 29.6 Å². The third-order valence-corrected chi connectivity index (χ3v) is 5.41. The molecular weight excluding hydrogens is 460 g/mol. The van der Waals surface area contributed by atoms with E-state index in [1.165, 1.54) is 7.11 Å².